The molecule has 1 unspecified atom stereocenters. The van der Waals surface area contributed by atoms with E-state index >= 15 is 0 Å². The van der Waals surface area contributed by atoms with Gasteiger partial charge in [0.2, 0.25) is 0 Å². The van der Waals surface area contributed by atoms with Crippen molar-refractivity contribution in [3.63, 3.8) is 0 Å². The van der Waals surface area contributed by atoms with E-state index in [1.165, 1.54) is 4.88 Å². The van der Waals surface area contributed by atoms with E-state index in [-0.39, 0.29) is 6.04 Å². The molecule has 1 N–H and O–H groups in total. The summed E-state index contributed by atoms with van der Waals surface area (Å²) >= 11 is 8.75. The lowest BCUT2D eigenvalue weighted by Crippen LogP contribution is -2.20. The van der Waals surface area contributed by atoms with Gasteiger partial charge in [-0.25, -0.2) is 0 Å². The van der Waals surface area contributed by atoms with Gasteiger partial charge in [0.05, 0.1) is 26.2 Å². The second-order valence-corrected chi connectivity index (χ2v) is 6.71. The van der Waals surface area contributed by atoms with E-state index in [0.717, 1.165) is 14.0 Å². The highest BCUT2D eigenvalue weighted by atomic mass is 79.9. The molecule has 2 aromatic heterocycles. The number of nitrogens with zero attached hydrogens (tertiary/aromatic N) is 2. The predicted octanol–water partition coefficient (Wildman–Crippen LogP) is 3.32. The van der Waals surface area contributed by atoms with Gasteiger partial charge >= 0.3 is 0 Å². The normalized spacial score (nSPS) is 13.0. The molecule has 0 spiro atoms. The fraction of sp³-hybridized carbons (Fsp3) is 0.300. The van der Waals surface area contributed by atoms with Gasteiger partial charge in [-0.05, 0) is 51.0 Å². The molecule has 2 heterocycles. The highest BCUT2D eigenvalue weighted by molar-refractivity contribution is 9.11. The maximum atomic E-state index is 4.24. The molecule has 3 nitrogen and oxygen atoms in total. The van der Waals surface area contributed by atoms with Crippen LogP contribution < -0.4 is 5.32 Å². The number of hydrogen-bond donors (Lipinski definition) is 1. The third-order valence-corrected chi connectivity index (χ3v) is 4.68. The molecule has 0 bridgehead atoms. The van der Waals surface area contributed by atoms with E-state index in [4.69, 9.17) is 0 Å². The van der Waals surface area contributed by atoms with E-state index in [1.54, 1.807) is 11.3 Å². The zero-order valence-electron chi connectivity index (χ0n) is 8.87. The smallest absolute Gasteiger partial charge is 0.0851 e. The van der Waals surface area contributed by atoms with Gasteiger partial charge in [0.1, 0.15) is 0 Å². The van der Waals surface area contributed by atoms with Crippen molar-refractivity contribution in [3.05, 3.63) is 37.2 Å². The lowest BCUT2D eigenvalue weighted by Gasteiger charge is -2.15. The first kappa shape index (κ1) is 12.3. The summed E-state index contributed by atoms with van der Waals surface area (Å²) < 4.78 is 4.05. The zero-order valence-corrected chi connectivity index (χ0v) is 12.9. The molecule has 0 fully saturated rings. The third-order valence-electron chi connectivity index (χ3n) is 2.38. The van der Waals surface area contributed by atoms with Crippen LogP contribution >= 0.6 is 43.2 Å². The minimum absolute atomic E-state index is 0.165. The first-order valence-corrected chi connectivity index (χ1v) is 7.13. The highest BCUT2D eigenvalue weighted by Crippen LogP contribution is 2.33. The summed E-state index contributed by atoms with van der Waals surface area (Å²) in [5.41, 5.74) is 1.14. The molecule has 0 aliphatic heterocycles. The third kappa shape index (κ3) is 2.25. The number of aryl methyl sites for hydroxylation is 1. The average Bonchev–Trinajstić information content (AvgIpc) is 2.80. The Hall–Kier alpha value is -0.170. The Kier molecular flexibility index (Phi) is 3.84. The summed E-state index contributed by atoms with van der Waals surface area (Å²) in [6.45, 7) is 0. The van der Waals surface area contributed by atoms with Crippen LogP contribution in [0.25, 0.3) is 0 Å². The van der Waals surface area contributed by atoms with Gasteiger partial charge in [0, 0.05) is 11.9 Å². The Morgan fingerprint density at radius 2 is 2.19 bits per heavy atom. The van der Waals surface area contributed by atoms with Gasteiger partial charge in [0.15, 0.2) is 0 Å². The Bertz CT molecular complexity index is 472. The van der Waals surface area contributed by atoms with Crippen LogP contribution in [0.15, 0.2) is 26.6 Å². The van der Waals surface area contributed by atoms with Crippen LogP contribution in [-0.2, 0) is 7.05 Å². The molecule has 0 saturated heterocycles. The Balaban J connectivity index is 2.44. The van der Waals surface area contributed by atoms with Gasteiger partial charge in [0.25, 0.3) is 0 Å². The van der Waals surface area contributed by atoms with Crippen molar-refractivity contribution in [1.82, 2.24) is 15.1 Å². The summed E-state index contributed by atoms with van der Waals surface area (Å²) in [7, 11) is 3.91. The number of rotatable bonds is 3. The first-order chi connectivity index (χ1) is 7.63. The van der Waals surface area contributed by atoms with Crippen LogP contribution in [0.5, 0.6) is 0 Å². The van der Waals surface area contributed by atoms with E-state index < -0.39 is 0 Å². The summed E-state index contributed by atoms with van der Waals surface area (Å²) in [5.74, 6) is 0. The van der Waals surface area contributed by atoms with Crippen LogP contribution in [0.2, 0.25) is 0 Å². The Morgan fingerprint density at radius 1 is 1.44 bits per heavy atom. The fourth-order valence-electron chi connectivity index (χ4n) is 1.64. The molecule has 86 valence electrons. The van der Waals surface area contributed by atoms with Crippen LogP contribution in [0, 0.1) is 0 Å². The second-order valence-electron chi connectivity index (χ2n) is 3.36. The number of thiophene rings is 1. The van der Waals surface area contributed by atoms with Crippen molar-refractivity contribution in [2.75, 3.05) is 7.05 Å². The molecule has 16 heavy (non-hydrogen) atoms. The molecule has 0 aliphatic carbocycles. The average molecular weight is 365 g/mol. The molecule has 2 rings (SSSR count). The topological polar surface area (TPSA) is 29.9 Å². The van der Waals surface area contributed by atoms with Crippen LogP contribution in [0.3, 0.4) is 0 Å². The predicted molar refractivity (Wildman–Crippen MR) is 73.8 cm³/mol. The summed E-state index contributed by atoms with van der Waals surface area (Å²) in [4.78, 5) is 1.26. The van der Waals surface area contributed by atoms with Crippen molar-refractivity contribution < 1.29 is 0 Å². The lowest BCUT2D eigenvalue weighted by atomic mass is 10.2. The first-order valence-electron chi connectivity index (χ1n) is 4.73. The largest absolute Gasteiger partial charge is 0.307 e. The molecule has 6 heteroatoms. The summed E-state index contributed by atoms with van der Waals surface area (Å²) in [5, 5.41) is 7.55. The molecular formula is C10H11Br2N3S. The fourth-order valence-corrected chi connectivity index (χ4v) is 3.76. The SMILES string of the molecule is CNC(c1ccc(Br)s1)c1c(Br)cnn1C. The van der Waals surface area contributed by atoms with Crippen molar-refractivity contribution in [1.29, 1.82) is 0 Å². The zero-order chi connectivity index (χ0) is 11.7. The quantitative estimate of drug-likeness (QED) is 0.905. The Labute approximate surface area is 115 Å². The molecule has 0 saturated carbocycles. The molecular weight excluding hydrogens is 354 g/mol. The standard InChI is InChI=1S/C10H11Br2N3S/c1-13-9(7-3-4-8(12)16-7)10-6(11)5-14-15(10)2/h3-5,9,13H,1-2H3. The van der Waals surface area contributed by atoms with E-state index in [9.17, 15) is 0 Å². The van der Waals surface area contributed by atoms with Crippen LogP contribution in [-0.4, -0.2) is 16.8 Å². The van der Waals surface area contributed by atoms with Gasteiger partial charge in [-0.15, -0.1) is 11.3 Å². The van der Waals surface area contributed by atoms with E-state index in [0.29, 0.717) is 0 Å². The van der Waals surface area contributed by atoms with Gasteiger partial charge < -0.3 is 5.32 Å². The number of hydrogen-bond acceptors (Lipinski definition) is 3. The van der Waals surface area contributed by atoms with Gasteiger partial charge in [-0.1, -0.05) is 0 Å². The minimum Gasteiger partial charge on any atom is -0.307 e. The molecule has 2 aromatic rings. The van der Waals surface area contributed by atoms with Gasteiger partial charge in [-0.3, -0.25) is 4.68 Å². The monoisotopic (exact) mass is 363 g/mol. The summed E-state index contributed by atoms with van der Waals surface area (Å²) in [6, 6.07) is 4.35. The van der Waals surface area contributed by atoms with Crippen molar-refractivity contribution in [3.8, 4) is 0 Å². The van der Waals surface area contributed by atoms with Crippen molar-refractivity contribution in [2.45, 2.75) is 6.04 Å². The molecule has 0 aliphatic rings. The number of halogens is 2. The Morgan fingerprint density at radius 3 is 2.62 bits per heavy atom. The second kappa shape index (κ2) is 5.00. The van der Waals surface area contributed by atoms with Gasteiger partial charge in [-0.2, -0.15) is 5.10 Å². The van der Waals surface area contributed by atoms with E-state index in [1.807, 2.05) is 25.0 Å². The molecule has 0 radical (unpaired) electrons. The minimum atomic E-state index is 0.165. The van der Waals surface area contributed by atoms with E-state index in [2.05, 4.69) is 54.4 Å². The van der Waals surface area contributed by atoms with Crippen LogP contribution in [0.1, 0.15) is 16.6 Å². The molecule has 0 amide bonds. The molecule has 1 atom stereocenters. The number of aromatic nitrogens is 2. The molecule has 0 aromatic carbocycles. The van der Waals surface area contributed by atoms with Crippen LogP contribution in [0.4, 0.5) is 0 Å². The maximum absolute atomic E-state index is 4.24. The van der Waals surface area contributed by atoms with Crippen molar-refractivity contribution in [2.24, 2.45) is 7.05 Å². The lowest BCUT2D eigenvalue weighted by molar-refractivity contribution is 0.611. The maximum Gasteiger partial charge on any atom is 0.0851 e. The summed E-state index contributed by atoms with van der Waals surface area (Å²) in [6.07, 6.45) is 1.82. The number of nitrogens with one attached hydrogen (secondary N) is 1. The highest BCUT2D eigenvalue weighted by Gasteiger charge is 2.20. The van der Waals surface area contributed by atoms with Crippen molar-refractivity contribution >= 4 is 43.2 Å².